The number of nitrogens with zero attached hydrogens (tertiary/aromatic N) is 2. The van der Waals surface area contributed by atoms with Crippen LogP contribution in [0.25, 0.3) is 10.8 Å². The molecule has 1 aromatic heterocycles. The third-order valence-corrected chi connectivity index (χ3v) is 4.44. The first-order valence-electron chi connectivity index (χ1n) is 6.88. The molecule has 0 fully saturated rings. The maximum atomic E-state index is 9.21. The highest BCUT2D eigenvalue weighted by Gasteiger charge is 2.09. The number of anilines is 2. The number of thiazole rings is 1. The van der Waals surface area contributed by atoms with E-state index in [1.807, 2.05) is 36.4 Å². The predicted octanol–water partition coefficient (Wildman–Crippen LogP) is 4.78. The molecular formula is C17H15N3S. The summed E-state index contributed by atoms with van der Waals surface area (Å²) >= 11 is 1.67. The van der Waals surface area contributed by atoms with E-state index in [9.17, 15) is 5.26 Å². The Hall–Kier alpha value is -2.38. The molecule has 1 heterocycles. The Bertz CT molecular complexity index is 843. The number of aryl methyl sites for hydroxylation is 2. The third-order valence-electron chi connectivity index (χ3n) is 3.51. The van der Waals surface area contributed by atoms with Crippen molar-refractivity contribution in [2.75, 3.05) is 5.32 Å². The molecule has 0 radical (unpaired) electrons. The Kier molecular flexibility index (Phi) is 3.59. The number of hydrogen-bond acceptors (Lipinski definition) is 4. The van der Waals surface area contributed by atoms with Gasteiger partial charge >= 0.3 is 0 Å². The summed E-state index contributed by atoms with van der Waals surface area (Å²) in [6.07, 6.45) is 0.943. The average molecular weight is 293 g/mol. The molecule has 3 aromatic rings. The van der Waals surface area contributed by atoms with Crippen molar-refractivity contribution in [3.8, 4) is 6.07 Å². The van der Waals surface area contributed by atoms with Crippen molar-refractivity contribution in [2.45, 2.75) is 20.3 Å². The zero-order valence-corrected chi connectivity index (χ0v) is 12.8. The minimum atomic E-state index is 0.695. The van der Waals surface area contributed by atoms with Crippen molar-refractivity contribution < 1.29 is 0 Å². The maximum Gasteiger partial charge on any atom is 0.187 e. The van der Waals surface area contributed by atoms with Crippen LogP contribution in [0.15, 0.2) is 36.4 Å². The van der Waals surface area contributed by atoms with Crippen molar-refractivity contribution in [3.63, 3.8) is 0 Å². The molecule has 0 aliphatic rings. The van der Waals surface area contributed by atoms with Gasteiger partial charge in [-0.1, -0.05) is 31.2 Å². The van der Waals surface area contributed by atoms with Crippen molar-refractivity contribution in [1.82, 2.24) is 4.98 Å². The Morgan fingerprint density at radius 3 is 2.62 bits per heavy atom. The lowest BCUT2D eigenvalue weighted by Crippen LogP contribution is -1.93. The van der Waals surface area contributed by atoms with Gasteiger partial charge in [0, 0.05) is 21.3 Å². The second kappa shape index (κ2) is 5.55. The van der Waals surface area contributed by atoms with Gasteiger partial charge in [-0.2, -0.15) is 5.26 Å². The molecule has 0 spiro atoms. The zero-order chi connectivity index (χ0) is 14.8. The van der Waals surface area contributed by atoms with Crippen LogP contribution in [0.3, 0.4) is 0 Å². The molecule has 0 amide bonds. The average Bonchev–Trinajstić information content (AvgIpc) is 2.87. The third kappa shape index (κ3) is 2.48. The second-order valence-corrected chi connectivity index (χ2v) is 6.02. The number of benzene rings is 2. The van der Waals surface area contributed by atoms with Crippen LogP contribution >= 0.6 is 11.3 Å². The first-order chi connectivity index (χ1) is 10.2. The molecule has 0 saturated carbocycles. The van der Waals surface area contributed by atoms with Crippen molar-refractivity contribution in [2.24, 2.45) is 0 Å². The van der Waals surface area contributed by atoms with Gasteiger partial charge in [0.1, 0.15) is 0 Å². The van der Waals surface area contributed by atoms with Crippen LogP contribution in [0, 0.1) is 18.3 Å². The lowest BCUT2D eigenvalue weighted by molar-refractivity contribution is 1.05. The number of aromatic nitrogens is 1. The summed E-state index contributed by atoms with van der Waals surface area (Å²) in [6.45, 7) is 4.21. The largest absolute Gasteiger partial charge is 0.331 e. The summed E-state index contributed by atoms with van der Waals surface area (Å²) in [5.74, 6) is 0. The van der Waals surface area contributed by atoms with Crippen LogP contribution in [-0.2, 0) is 6.42 Å². The van der Waals surface area contributed by atoms with Gasteiger partial charge in [-0.05, 0) is 25.5 Å². The fraction of sp³-hybridized carbons (Fsp3) is 0.176. The summed E-state index contributed by atoms with van der Waals surface area (Å²) in [4.78, 5) is 5.86. The molecule has 4 heteroatoms. The van der Waals surface area contributed by atoms with Crippen LogP contribution in [-0.4, -0.2) is 4.98 Å². The number of fused-ring (bicyclic) bond motifs is 1. The van der Waals surface area contributed by atoms with E-state index in [2.05, 4.69) is 30.2 Å². The second-order valence-electron chi connectivity index (χ2n) is 4.82. The normalized spacial score (nSPS) is 10.5. The topological polar surface area (TPSA) is 48.7 Å². The number of nitriles is 1. The van der Waals surface area contributed by atoms with Crippen molar-refractivity contribution >= 4 is 32.9 Å². The molecule has 21 heavy (non-hydrogen) atoms. The Labute approximate surface area is 127 Å². The maximum absolute atomic E-state index is 9.21. The zero-order valence-electron chi connectivity index (χ0n) is 12.0. The first-order valence-corrected chi connectivity index (χ1v) is 7.69. The molecule has 0 aliphatic heterocycles. The van der Waals surface area contributed by atoms with Crippen molar-refractivity contribution in [3.05, 3.63) is 52.5 Å². The van der Waals surface area contributed by atoms with E-state index in [0.717, 1.165) is 33.7 Å². The highest BCUT2D eigenvalue weighted by Crippen LogP contribution is 2.31. The van der Waals surface area contributed by atoms with E-state index in [-0.39, 0.29) is 0 Å². The summed E-state index contributed by atoms with van der Waals surface area (Å²) < 4.78 is 0. The fourth-order valence-corrected chi connectivity index (χ4v) is 3.34. The predicted molar refractivity (Wildman–Crippen MR) is 88.2 cm³/mol. The number of rotatable bonds is 3. The van der Waals surface area contributed by atoms with Crippen molar-refractivity contribution in [1.29, 1.82) is 5.26 Å². The Morgan fingerprint density at radius 2 is 1.95 bits per heavy atom. The molecule has 0 unspecified atom stereocenters. The summed E-state index contributed by atoms with van der Waals surface area (Å²) in [6, 6.07) is 14.0. The molecule has 2 aromatic carbocycles. The minimum Gasteiger partial charge on any atom is -0.331 e. The fourth-order valence-electron chi connectivity index (χ4n) is 2.43. The standard InChI is InChI=1S/C17H15N3S/c1-3-15-11(2)21-17(19-15)20-16-9-8-12(10-18)13-6-4-5-7-14(13)16/h4-9H,3H2,1-2H3,(H,19,20). The van der Waals surface area contributed by atoms with Crippen LogP contribution in [0.2, 0.25) is 0 Å². The van der Waals surface area contributed by atoms with Crippen LogP contribution in [0.1, 0.15) is 23.1 Å². The molecule has 104 valence electrons. The van der Waals surface area contributed by atoms with Gasteiger partial charge in [0.2, 0.25) is 0 Å². The molecule has 3 nitrogen and oxygen atoms in total. The van der Waals surface area contributed by atoms with E-state index < -0.39 is 0 Å². The van der Waals surface area contributed by atoms with Gasteiger partial charge in [-0.3, -0.25) is 0 Å². The molecular weight excluding hydrogens is 278 g/mol. The van der Waals surface area contributed by atoms with E-state index in [1.165, 1.54) is 4.88 Å². The molecule has 1 N–H and O–H groups in total. The molecule has 0 bridgehead atoms. The van der Waals surface area contributed by atoms with Gasteiger partial charge in [0.05, 0.1) is 17.3 Å². The van der Waals surface area contributed by atoms with Crippen LogP contribution in [0.4, 0.5) is 10.8 Å². The highest BCUT2D eigenvalue weighted by atomic mass is 32.1. The van der Waals surface area contributed by atoms with E-state index >= 15 is 0 Å². The van der Waals surface area contributed by atoms with Gasteiger partial charge in [0.15, 0.2) is 5.13 Å². The van der Waals surface area contributed by atoms with E-state index in [0.29, 0.717) is 5.56 Å². The number of hydrogen-bond donors (Lipinski definition) is 1. The van der Waals surface area contributed by atoms with Gasteiger partial charge in [-0.15, -0.1) is 11.3 Å². The molecule has 0 saturated heterocycles. The Balaban J connectivity index is 2.07. The first kappa shape index (κ1) is 13.6. The lowest BCUT2D eigenvalue weighted by atomic mass is 10.0. The molecule has 0 aliphatic carbocycles. The van der Waals surface area contributed by atoms with Gasteiger partial charge < -0.3 is 5.32 Å². The highest BCUT2D eigenvalue weighted by molar-refractivity contribution is 7.15. The minimum absolute atomic E-state index is 0.695. The monoisotopic (exact) mass is 293 g/mol. The smallest absolute Gasteiger partial charge is 0.187 e. The van der Waals surface area contributed by atoms with Crippen LogP contribution in [0.5, 0.6) is 0 Å². The lowest BCUT2D eigenvalue weighted by Gasteiger charge is -2.08. The summed E-state index contributed by atoms with van der Waals surface area (Å²) in [5.41, 5.74) is 2.82. The number of nitrogens with one attached hydrogen (secondary N) is 1. The molecule has 3 rings (SSSR count). The van der Waals surface area contributed by atoms with E-state index in [4.69, 9.17) is 0 Å². The van der Waals surface area contributed by atoms with Crippen LogP contribution < -0.4 is 5.32 Å². The van der Waals surface area contributed by atoms with E-state index in [1.54, 1.807) is 11.3 Å². The van der Waals surface area contributed by atoms with Gasteiger partial charge in [-0.25, -0.2) is 4.98 Å². The quantitative estimate of drug-likeness (QED) is 0.755. The summed E-state index contributed by atoms with van der Waals surface area (Å²) in [7, 11) is 0. The Morgan fingerprint density at radius 1 is 1.19 bits per heavy atom. The SMILES string of the molecule is CCc1nc(Nc2ccc(C#N)c3ccccc23)sc1C. The molecule has 0 atom stereocenters. The van der Waals surface area contributed by atoms with Gasteiger partial charge in [0.25, 0.3) is 0 Å². The summed E-state index contributed by atoms with van der Waals surface area (Å²) in [5, 5.41) is 15.5.